The van der Waals surface area contributed by atoms with Gasteiger partial charge in [-0.3, -0.25) is 0 Å². The van der Waals surface area contributed by atoms with Crippen LogP contribution < -0.4 is 0 Å². The highest BCUT2D eigenvalue weighted by Crippen LogP contribution is 2.67. The Labute approximate surface area is 75.5 Å². The molecule has 0 aromatic carbocycles. The van der Waals surface area contributed by atoms with Crippen molar-refractivity contribution in [2.75, 3.05) is 6.61 Å². The van der Waals surface area contributed by atoms with Crippen LogP contribution in [0.3, 0.4) is 0 Å². The molecule has 1 saturated carbocycles. The van der Waals surface area contributed by atoms with Crippen molar-refractivity contribution < 1.29 is 4.74 Å². The summed E-state index contributed by atoms with van der Waals surface area (Å²) >= 11 is 0. The van der Waals surface area contributed by atoms with Crippen LogP contribution in [0, 0.1) is 17.3 Å². The van der Waals surface area contributed by atoms with Gasteiger partial charge in [-0.05, 0) is 43.9 Å². The quantitative estimate of drug-likeness (QED) is 0.585. The van der Waals surface area contributed by atoms with Crippen LogP contribution in [0.4, 0.5) is 0 Å². The molecular formula is C11H20O. The van der Waals surface area contributed by atoms with E-state index < -0.39 is 0 Å². The lowest BCUT2D eigenvalue weighted by Crippen LogP contribution is -2.37. The number of hydrogen-bond acceptors (Lipinski definition) is 1. The second kappa shape index (κ2) is 2.25. The van der Waals surface area contributed by atoms with Crippen LogP contribution >= 0.6 is 0 Å². The van der Waals surface area contributed by atoms with Gasteiger partial charge in [-0.1, -0.05) is 13.8 Å². The minimum Gasteiger partial charge on any atom is -0.375 e. The Morgan fingerprint density at radius 3 is 2.50 bits per heavy atom. The topological polar surface area (TPSA) is 9.23 Å². The van der Waals surface area contributed by atoms with Gasteiger partial charge in [0.1, 0.15) is 0 Å². The van der Waals surface area contributed by atoms with E-state index in [1.165, 1.54) is 12.8 Å². The first-order chi connectivity index (χ1) is 5.49. The lowest BCUT2D eigenvalue weighted by Gasteiger charge is -2.36. The van der Waals surface area contributed by atoms with Crippen LogP contribution in [0.1, 0.15) is 40.5 Å². The van der Waals surface area contributed by atoms with Crippen LogP contribution in [-0.2, 0) is 4.74 Å². The van der Waals surface area contributed by atoms with Crippen molar-refractivity contribution in [2.45, 2.75) is 46.1 Å². The van der Waals surface area contributed by atoms with E-state index in [2.05, 4.69) is 27.7 Å². The number of ether oxygens (including phenoxy) is 1. The number of fused-ring (bicyclic) bond motifs is 1. The summed E-state index contributed by atoms with van der Waals surface area (Å²) in [6.07, 6.45) is 2.69. The first kappa shape index (κ1) is 8.55. The maximum absolute atomic E-state index is 5.79. The smallest absolute Gasteiger partial charge is 0.0660 e. The molecule has 12 heavy (non-hydrogen) atoms. The van der Waals surface area contributed by atoms with Gasteiger partial charge in [-0.25, -0.2) is 0 Å². The summed E-state index contributed by atoms with van der Waals surface area (Å²) in [5.74, 6) is 1.67. The fourth-order valence-corrected chi connectivity index (χ4v) is 3.07. The molecule has 0 aromatic rings. The number of hydrogen-bond donors (Lipinski definition) is 0. The van der Waals surface area contributed by atoms with Crippen molar-refractivity contribution in [3.05, 3.63) is 0 Å². The molecule has 0 bridgehead atoms. The van der Waals surface area contributed by atoms with E-state index in [1.807, 2.05) is 0 Å². The molecule has 1 saturated heterocycles. The third-order valence-corrected chi connectivity index (χ3v) is 4.15. The van der Waals surface area contributed by atoms with E-state index >= 15 is 0 Å². The minimum atomic E-state index is 0.155. The van der Waals surface area contributed by atoms with E-state index in [4.69, 9.17) is 4.74 Å². The molecule has 0 N–H and O–H groups in total. The molecule has 70 valence electrons. The van der Waals surface area contributed by atoms with E-state index in [0.717, 1.165) is 18.4 Å². The molecule has 2 atom stereocenters. The molecule has 1 aliphatic carbocycles. The highest BCUT2D eigenvalue weighted by Gasteiger charge is 2.63. The fraction of sp³-hybridized carbons (Fsp3) is 1.00. The highest BCUT2D eigenvalue weighted by molar-refractivity contribution is 5.12. The summed E-state index contributed by atoms with van der Waals surface area (Å²) in [6.45, 7) is 10.2. The maximum atomic E-state index is 5.79. The molecule has 1 heteroatoms. The molecule has 1 heterocycles. The normalized spacial score (nSPS) is 44.2. The fourth-order valence-electron chi connectivity index (χ4n) is 3.07. The monoisotopic (exact) mass is 168 g/mol. The summed E-state index contributed by atoms with van der Waals surface area (Å²) in [5.41, 5.74) is 0.810. The average molecular weight is 168 g/mol. The molecule has 0 aromatic heterocycles. The van der Waals surface area contributed by atoms with Crippen molar-refractivity contribution in [1.82, 2.24) is 0 Å². The molecule has 2 aliphatic rings. The molecule has 1 nitrogen and oxygen atoms in total. The largest absolute Gasteiger partial charge is 0.375 e. The highest BCUT2D eigenvalue weighted by atomic mass is 16.5. The SMILES string of the molecule is CC(C)[C@@]12CCOC(C)(C)[C@@H]1C2. The zero-order valence-electron chi connectivity index (χ0n) is 8.68. The minimum absolute atomic E-state index is 0.155. The van der Waals surface area contributed by atoms with Crippen LogP contribution in [0.2, 0.25) is 0 Å². The van der Waals surface area contributed by atoms with Gasteiger partial charge in [0.05, 0.1) is 5.60 Å². The summed E-state index contributed by atoms with van der Waals surface area (Å²) in [5, 5.41) is 0. The average Bonchev–Trinajstić information content (AvgIpc) is 2.63. The first-order valence-corrected chi connectivity index (χ1v) is 5.13. The number of rotatable bonds is 1. The van der Waals surface area contributed by atoms with Crippen LogP contribution in [0.25, 0.3) is 0 Å². The molecule has 2 fully saturated rings. The molecule has 2 rings (SSSR count). The van der Waals surface area contributed by atoms with Crippen LogP contribution in [0.15, 0.2) is 0 Å². The predicted molar refractivity (Wildman–Crippen MR) is 50.0 cm³/mol. The van der Waals surface area contributed by atoms with Gasteiger partial charge in [0.25, 0.3) is 0 Å². The van der Waals surface area contributed by atoms with Crippen molar-refractivity contribution in [3.63, 3.8) is 0 Å². The Balaban J connectivity index is 2.16. The van der Waals surface area contributed by atoms with E-state index in [0.29, 0.717) is 5.41 Å². The van der Waals surface area contributed by atoms with Gasteiger partial charge in [-0.15, -0.1) is 0 Å². The molecule has 0 spiro atoms. The third-order valence-electron chi connectivity index (χ3n) is 4.15. The summed E-state index contributed by atoms with van der Waals surface area (Å²) < 4.78 is 5.79. The second-order valence-corrected chi connectivity index (χ2v) is 5.35. The van der Waals surface area contributed by atoms with Crippen LogP contribution in [-0.4, -0.2) is 12.2 Å². The van der Waals surface area contributed by atoms with Gasteiger partial charge in [0.15, 0.2) is 0 Å². The third kappa shape index (κ3) is 0.953. The van der Waals surface area contributed by atoms with Crippen LogP contribution in [0.5, 0.6) is 0 Å². The Bertz CT molecular complexity index is 195. The molecule has 0 amide bonds. The Morgan fingerprint density at radius 2 is 2.00 bits per heavy atom. The summed E-state index contributed by atoms with van der Waals surface area (Å²) in [6, 6.07) is 0. The zero-order chi connectivity index (χ0) is 8.98. The summed E-state index contributed by atoms with van der Waals surface area (Å²) in [4.78, 5) is 0. The van der Waals surface area contributed by atoms with Crippen molar-refractivity contribution in [2.24, 2.45) is 17.3 Å². The maximum Gasteiger partial charge on any atom is 0.0660 e. The first-order valence-electron chi connectivity index (χ1n) is 5.13. The van der Waals surface area contributed by atoms with Gasteiger partial charge in [0.2, 0.25) is 0 Å². The second-order valence-electron chi connectivity index (χ2n) is 5.35. The Kier molecular flexibility index (Phi) is 1.61. The van der Waals surface area contributed by atoms with E-state index in [9.17, 15) is 0 Å². The molecule has 1 aliphatic heterocycles. The van der Waals surface area contributed by atoms with Crippen molar-refractivity contribution in [1.29, 1.82) is 0 Å². The predicted octanol–water partition coefficient (Wildman–Crippen LogP) is 2.85. The molecule has 0 unspecified atom stereocenters. The van der Waals surface area contributed by atoms with Gasteiger partial charge in [0, 0.05) is 6.61 Å². The Hall–Kier alpha value is -0.0400. The zero-order valence-corrected chi connectivity index (χ0v) is 8.68. The lowest BCUT2D eigenvalue weighted by atomic mass is 9.81. The lowest BCUT2D eigenvalue weighted by molar-refractivity contribution is -0.0856. The molecule has 0 radical (unpaired) electrons. The standard InChI is InChI=1S/C11H20O/c1-8(2)11-5-6-12-10(3,4)9(11)7-11/h8-9H,5-7H2,1-4H3/t9-,11-/m0/s1. The van der Waals surface area contributed by atoms with E-state index in [-0.39, 0.29) is 5.60 Å². The Morgan fingerprint density at radius 1 is 1.33 bits per heavy atom. The van der Waals surface area contributed by atoms with Gasteiger partial charge in [-0.2, -0.15) is 0 Å². The van der Waals surface area contributed by atoms with E-state index in [1.54, 1.807) is 0 Å². The molecular weight excluding hydrogens is 148 g/mol. The van der Waals surface area contributed by atoms with Crippen molar-refractivity contribution >= 4 is 0 Å². The summed E-state index contributed by atoms with van der Waals surface area (Å²) in [7, 11) is 0. The van der Waals surface area contributed by atoms with Crippen molar-refractivity contribution in [3.8, 4) is 0 Å². The van der Waals surface area contributed by atoms with Gasteiger partial charge >= 0.3 is 0 Å². The van der Waals surface area contributed by atoms with Gasteiger partial charge < -0.3 is 4.74 Å².